The number of para-hydroxylation sites is 1. The van der Waals surface area contributed by atoms with E-state index in [1.807, 2.05) is 6.07 Å². The van der Waals surface area contributed by atoms with Gasteiger partial charge in [-0.1, -0.05) is 24.3 Å². The van der Waals surface area contributed by atoms with Crippen molar-refractivity contribution in [2.45, 2.75) is 20.4 Å². The number of pyridine rings is 1. The van der Waals surface area contributed by atoms with Gasteiger partial charge in [0.05, 0.1) is 46.3 Å². The van der Waals surface area contributed by atoms with Gasteiger partial charge in [-0.05, 0) is 43.7 Å². The van der Waals surface area contributed by atoms with Crippen LogP contribution in [0.4, 0.5) is 10.1 Å². The first-order chi connectivity index (χ1) is 15.8. The molecule has 0 unspecified atom stereocenters. The number of benzene rings is 2. The lowest BCUT2D eigenvalue weighted by Gasteiger charge is -2.10. The Morgan fingerprint density at radius 3 is 2.67 bits per heavy atom. The molecule has 2 aromatic carbocycles. The number of nitriles is 1. The SMILES string of the molecule is Cc1nn(Cc2ccc(F)cc2C#N)c(C)c1NC(=O)c1cc(C(N)=O)c2ccccc2n1. The molecule has 0 fully saturated rings. The van der Waals surface area contributed by atoms with E-state index in [1.54, 1.807) is 42.8 Å². The number of carbonyl (C=O) groups excluding carboxylic acids is 2. The summed E-state index contributed by atoms with van der Waals surface area (Å²) in [6, 6.07) is 14.3. The average Bonchev–Trinajstić information content (AvgIpc) is 3.06. The second-order valence-corrected chi connectivity index (χ2v) is 7.51. The predicted octanol–water partition coefficient (Wildman–Crippen LogP) is 3.46. The van der Waals surface area contributed by atoms with E-state index in [-0.39, 0.29) is 23.4 Å². The summed E-state index contributed by atoms with van der Waals surface area (Å²) in [7, 11) is 0. The van der Waals surface area contributed by atoms with Gasteiger partial charge >= 0.3 is 0 Å². The van der Waals surface area contributed by atoms with Gasteiger partial charge in [-0.3, -0.25) is 14.3 Å². The van der Waals surface area contributed by atoms with Gasteiger partial charge in [0.1, 0.15) is 11.5 Å². The molecule has 0 atom stereocenters. The first kappa shape index (κ1) is 21.6. The van der Waals surface area contributed by atoms with E-state index >= 15 is 0 Å². The Morgan fingerprint density at radius 1 is 1.18 bits per heavy atom. The number of rotatable bonds is 5. The van der Waals surface area contributed by atoms with Gasteiger partial charge in [-0.15, -0.1) is 0 Å². The molecule has 4 aromatic rings. The molecule has 4 rings (SSSR count). The molecule has 0 saturated carbocycles. The Balaban J connectivity index is 1.66. The maximum Gasteiger partial charge on any atom is 0.274 e. The van der Waals surface area contributed by atoms with Crippen LogP contribution in [0.5, 0.6) is 0 Å². The lowest BCUT2D eigenvalue weighted by molar-refractivity contribution is 0.100. The van der Waals surface area contributed by atoms with Crippen LogP contribution in [0, 0.1) is 31.0 Å². The summed E-state index contributed by atoms with van der Waals surface area (Å²) in [4.78, 5) is 29.3. The zero-order valence-electron chi connectivity index (χ0n) is 17.9. The van der Waals surface area contributed by atoms with E-state index in [9.17, 15) is 19.2 Å². The molecule has 3 N–H and O–H groups in total. The van der Waals surface area contributed by atoms with Gasteiger partial charge in [-0.25, -0.2) is 9.37 Å². The Labute approximate surface area is 188 Å². The van der Waals surface area contributed by atoms with E-state index in [0.717, 1.165) is 0 Å². The number of nitrogens with two attached hydrogens (primary N) is 1. The summed E-state index contributed by atoms with van der Waals surface area (Å²) in [5.41, 5.74) is 8.72. The van der Waals surface area contributed by atoms with E-state index in [0.29, 0.717) is 33.5 Å². The van der Waals surface area contributed by atoms with Gasteiger partial charge in [-0.2, -0.15) is 10.4 Å². The Kier molecular flexibility index (Phi) is 5.58. The van der Waals surface area contributed by atoms with Crippen molar-refractivity contribution in [1.82, 2.24) is 14.8 Å². The second kappa shape index (κ2) is 8.51. The molecule has 0 aliphatic rings. The van der Waals surface area contributed by atoms with Gasteiger partial charge < -0.3 is 11.1 Å². The van der Waals surface area contributed by atoms with Crippen LogP contribution < -0.4 is 11.1 Å². The summed E-state index contributed by atoms with van der Waals surface area (Å²) in [6.45, 7) is 3.73. The highest BCUT2D eigenvalue weighted by Gasteiger charge is 2.19. The Bertz CT molecular complexity index is 1470. The fourth-order valence-corrected chi connectivity index (χ4v) is 3.66. The number of amides is 2. The van der Waals surface area contributed by atoms with Crippen molar-refractivity contribution in [2.75, 3.05) is 5.32 Å². The highest BCUT2D eigenvalue weighted by atomic mass is 19.1. The van der Waals surface area contributed by atoms with Crippen LogP contribution in [0.1, 0.15) is 43.4 Å². The molecular formula is C24H19FN6O2. The molecular weight excluding hydrogens is 423 g/mol. The lowest BCUT2D eigenvalue weighted by Crippen LogP contribution is -2.18. The number of halogens is 1. The molecule has 33 heavy (non-hydrogen) atoms. The van der Waals surface area contributed by atoms with E-state index in [2.05, 4.69) is 15.4 Å². The minimum Gasteiger partial charge on any atom is -0.366 e. The van der Waals surface area contributed by atoms with Gasteiger partial charge in [0.25, 0.3) is 5.91 Å². The third-order valence-electron chi connectivity index (χ3n) is 5.35. The zero-order valence-corrected chi connectivity index (χ0v) is 17.9. The molecule has 2 amide bonds. The largest absolute Gasteiger partial charge is 0.366 e. The molecule has 8 nitrogen and oxygen atoms in total. The number of hydrogen-bond donors (Lipinski definition) is 2. The lowest BCUT2D eigenvalue weighted by atomic mass is 10.1. The molecule has 2 aromatic heterocycles. The Morgan fingerprint density at radius 2 is 1.94 bits per heavy atom. The standard InChI is InChI=1S/C24H19FN6O2/c1-13-22(14(2)31(30-13)12-15-7-8-17(25)9-16(15)11-26)29-24(33)21-10-19(23(27)32)18-5-3-4-6-20(18)28-21/h3-10H,12H2,1-2H3,(H2,27,32)(H,29,33). The maximum absolute atomic E-state index is 13.4. The summed E-state index contributed by atoms with van der Waals surface area (Å²) >= 11 is 0. The molecule has 0 aliphatic carbocycles. The highest BCUT2D eigenvalue weighted by molar-refractivity contribution is 6.10. The van der Waals surface area contributed by atoms with Crippen LogP contribution in [-0.4, -0.2) is 26.6 Å². The van der Waals surface area contributed by atoms with Crippen LogP contribution in [0.3, 0.4) is 0 Å². The van der Waals surface area contributed by atoms with Crippen molar-refractivity contribution in [1.29, 1.82) is 5.26 Å². The summed E-state index contributed by atoms with van der Waals surface area (Å²) < 4.78 is 15.1. The molecule has 0 spiro atoms. The van der Waals surface area contributed by atoms with Crippen molar-refractivity contribution in [3.8, 4) is 6.07 Å². The molecule has 0 aliphatic heterocycles. The number of nitrogens with zero attached hydrogens (tertiary/aromatic N) is 4. The molecule has 164 valence electrons. The minimum absolute atomic E-state index is 0.0411. The summed E-state index contributed by atoms with van der Waals surface area (Å²) in [6.07, 6.45) is 0. The summed E-state index contributed by atoms with van der Waals surface area (Å²) in [5.74, 6) is -1.67. The van der Waals surface area contributed by atoms with Crippen molar-refractivity contribution < 1.29 is 14.0 Å². The number of nitrogens with one attached hydrogen (secondary N) is 1. The fraction of sp³-hybridized carbons (Fsp3) is 0.125. The van der Waals surface area contributed by atoms with Crippen LogP contribution in [0.25, 0.3) is 10.9 Å². The fourth-order valence-electron chi connectivity index (χ4n) is 3.66. The van der Waals surface area contributed by atoms with Crippen LogP contribution in [-0.2, 0) is 6.54 Å². The van der Waals surface area contributed by atoms with E-state index in [1.165, 1.54) is 24.3 Å². The second-order valence-electron chi connectivity index (χ2n) is 7.51. The highest BCUT2D eigenvalue weighted by Crippen LogP contribution is 2.23. The van der Waals surface area contributed by atoms with Gasteiger partial charge in [0.2, 0.25) is 5.91 Å². The molecule has 0 bridgehead atoms. The average molecular weight is 442 g/mol. The van der Waals surface area contributed by atoms with Gasteiger partial charge in [0, 0.05) is 5.39 Å². The van der Waals surface area contributed by atoms with Crippen molar-refractivity contribution >= 4 is 28.4 Å². The normalized spacial score (nSPS) is 10.7. The number of anilines is 1. The third-order valence-corrected chi connectivity index (χ3v) is 5.35. The number of hydrogen-bond acceptors (Lipinski definition) is 5. The van der Waals surface area contributed by atoms with Crippen molar-refractivity contribution in [3.05, 3.63) is 88.1 Å². The smallest absolute Gasteiger partial charge is 0.274 e. The van der Waals surface area contributed by atoms with Gasteiger partial charge in [0.15, 0.2) is 0 Å². The maximum atomic E-state index is 13.4. The van der Waals surface area contributed by atoms with Crippen LogP contribution >= 0.6 is 0 Å². The monoisotopic (exact) mass is 442 g/mol. The molecule has 0 radical (unpaired) electrons. The quantitative estimate of drug-likeness (QED) is 0.489. The number of carbonyl (C=O) groups is 2. The molecule has 9 heteroatoms. The number of fused-ring (bicyclic) bond motifs is 1. The molecule has 2 heterocycles. The van der Waals surface area contributed by atoms with Crippen molar-refractivity contribution in [2.24, 2.45) is 5.73 Å². The zero-order chi connectivity index (χ0) is 23.7. The number of aryl methyl sites for hydroxylation is 1. The van der Waals surface area contributed by atoms with Crippen LogP contribution in [0.15, 0.2) is 48.5 Å². The number of aromatic nitrogens is 3. The number of primary amides is 1. The van der Waals surface area contributed by atoms with Crippen molar-refractivity contribution in [3.63, 3.8) is 0 Å². The Hall–Kier alpha value is -4.58. The topological polar surface area (TPSA) is 127 Å². The predicted molar refractivity (Wildman–Crippen MR) is 120 cm³/mol. The first-order valence-corrected chi connectivity index (χ1v) is 10.0. The molecule has 0 saturated heterocycles. The third kappa shape index (κ3) is 4.14. The minimum atomic E-state index is -0.657. The first-order valence-electron chi connectivity index (χ1n) is 10.0. The van der Waals surface area contributed by atoms with E-state index in [4.69, 9.17) is 5.73 Å². The van der Waals surface area contributed by atoms with E-state index < -0.39 is 17.6 Å². The summed E-state index contributed by atoms with van der Waals surface area (Å²) in [5, 5.41) is 17.1. The van der Waals surface area contributed by atoms with Crippen LogP contribution in [0.2, 0.25) is 0 Å².